The number of benzene rings is 1. The molecule has 0 fully saturated rings. The van der Waals surface area contributed by atoms with Gasteiger partial charge in [0.15, 0.2) is 0 Å². The van der Waals surface area contributed by atoms with Crippen molar-refractivity contribution in [1.29, 1.82) is 0 Å². The van der Waals surface area contributed by atoms with Gasteiger partial charge in [0.25, 0.3) is 0 Å². The van der Waals surface area contributed by atoms with Crippen molar-refractivity contribution in [2.75, 3.05) is 29.9 Å². The van der Waals surface area contributed by atoms with Gasteiger partial charge in [0, 0.05) is 31.5 Å². The molecule has 0 spiro atoms. The van der Waals surface area contributed by atoms with Gasteiger partial charge in [-0.15, -0.1) is 0 Å². The number of aldehydes is 1. The number of anilines is 2. The Bertz CT molecular complexity index is 703. The lowest BCUT2D eigenvalue weighted by molar-refractivity contribution is -0.104. The van der Waals surface area contributed by atoms with Gasteiger partial charge in [-0.05, 0) is 50.5 Å². The van der Waals surface area contributed by atoms with Crippen LogP contribution in [0.4, 0.5) is 15.8 Å². The number of hydrogen-bond donors (Lipinski definition) is 0. The monoisotopic (exact) mass is 431 g/mol. The second kappa shape index (κ2) is 15.6. The van der Waals surface area contributed by atoms with E-state index in [1.807, 2.05) is 37.9 Å². The molecule has 1 aromatic carbocycles. The zero-order valence-electron chi connectivity index (χ0n) is 20.3. The van der Waals surface area contributed by atoms with Crippen LogP contribution in [0.3, 0.4) is 0 Å². The van der Waals surface area contributed by atoms with E-state index in [0.29, 0.717) is 17.8 Å². The van der Waals surface area contributed by atoms with Crippen LogP contribution in [0.1, 0.15) is 85.5 Å². The number of hydrogen-bond acceptors (Lipinski definition) is 3. The Hall–Kier alpha value is -2.17. The maximum absolute atomic E-state index is 15.2. The molecule has 4 nitrogen and oxygen atoms in total. The number of carbonyl (C=O) groups is 1. The number of amidine groups is 1. The molecule has 0 aliphatic carbocycles. The lowest BCUT2D eigenvalue weighted by atomic mass is 10.1. The molecule has 0 aliphatic rings. The SMILES string of the molecule is CCCCCCN(CCCCCC)c1ccc(N(C)C(C)=N/C(=C\C=O)CC)cc1F. The number of carbonyl (C=O) groups excluding carboxylic acids is 1. The molecule has 174 valence electrons. The molecule has 0 heterocycles. The third kappa shape index (κ3) is 9.67. The van der Waals surface area contributed by atoms with E-state index < -0.39 is 0 Å². The van der Waals surface area contributed by atoms with Gasteiger partial charge in [-0.1, -0.05) is 59.3 Å². The molecule has 1 rings (SSSR count). The zero-order chi connectivity index (χ0) is 23.1. The van der Waals surface area contributed by atoms with Crippen LogP contribution in [0.25, 0.3) is 0 Å². The summed E-state index contributed by atoms with van der Waals surface area (Å²) in [6.45, 7) is 10.0. The fourth-order valence-electron chi connectivity index (χ4n) is 3.55. The molecule has 0 saturated heterocycles. The minimum Gasteiger partial charge on any atom is -0.369 e. The Kier molecular flexibility index (Phi) is 13.5. The summed E-state index contributed by atoms with van der Waals surface area (Å²) in [5, 5.41) is 0. The summed E-state index contributed by atoms with van der Waals surface area (Å²) in [5.41, 5.74) is 2.15. The molecule has 0 aromatic heterocycles. The largest absolute Gasteiger partial charge is 0.369 e. The number of aliphatic imine (C=N–C) groups is 1. The minimum atomic E-state index is -0.192. The summed E-state index contributed by atoms with van der Waals surface area (Å²) in [7, 11) is 1.87. The maximum atomic E-state index is 15.2. The van der Waals surface area contributed by atoms with Crippen molar-refractivity contribution in [1.82, 2.24) is 0 Å². The number of unbranched alkanes of at least 4 members (excludes halogenated alkanes) is 6. The highest BCUT2D eigenvalue weighted by molar-refractivity contribution is 5.96. The van der Waals surface area contributed by atoms with Gasteiger partial charge in [0.2, 0.25) is 0 Å². The minimum absolute atomic E-state index is 0.192. The first-order valence-electron chi connectivity index (χ1n) is 12.0. The summed E-state index contributed by atoms with van der Waals surface area (Å²) in [6, 6.07) is 5.45. The average Bonchev–Trinajstić information content (AvgIpc) is 2.77. The molecule has 0 atom stereocenters. The van der Waals surface area contributed by atoms with Crippen LogP contribution in [0.5, 0.6) is 0 Å². The molecule has 0 radical (unpaired) electrons. The van der Waals surface area contributed by atoms with Gasteiger partial charge >= 0.3 is 0 Å². The van der Waals surface area contributed by atoms with Crippen LogP contribution in [0.2, 0.25) is 0 Å². The maximum Gasteiger partial charge on any atom is 0.148 e. The molecule has 0 amide bonds. The van der Waals surface area contributed by atoms with E-state index in [4.69, 9.17) is 0 Å². The normalized spacial score (nSPS) is 12.2. The van der Waals surface area contributed by atoms with Crippen LogP contribution in [0, 0.1) is 5.82 Å². The molecule has 0 bridgehead atoms. The summed E-state index contributed by atoms with van der Waals surface area (Å²) in [5.74, 6) is 0.528. The van der Waals surface area contributed by atoms with E-state index in [-0.39, 0.29) is 5.82 Å². The fourth-order valence-corrected chi connectivity index (χ4v) is 3.55. The molecule has 1 aromatic rings. The predicted octanol–water partition coefficient (Wildman–Crippen LogP) is 7.14. The van der Waals surface area contributed by atoms with Gasteiger partial charge in [0.05, 0.1) is 5.69 Å². The molecular formula is C26H42FN3O. The Morgan fingerprint density at radius 2 is 1.61 bits per heavy atom. The number of allylic oxidation sites excluding steroid dienone is 2. The van der Waals surface area contributed by atoms with Crippen LogP contribution in [-0.2, 0) is 4.79 Å². The Morgan fingerprint density at radius 3 is 2.10 bits per heavy atom. The van der Waals surface area contributed by atoms with Crippen molar-refractivity contribution in [3.8, 4) is 0 Å². The standard InChI is InChI=1S/C26H42FN3O/c1-6-9-11-13-18-30(19-14-12-10-7-2)26-16-15-24(21-25(26)27)29(5)22(4)28-23(8-3)17-20-31/h15-17,20-21H,6-14,18-19H2,1-5H3/b23-17-,28-22?. The van der Waals surface area contributed by atoms with Gasteiger partial charge in [-0.3, -0.25) is 4.79 Å². The van der Waals surface area contributed by atoms with Crippen molar-refractivity contribution >= 4 is 23.5 Å². The van der Waals surface area contributed by atoms with E-state index in [2.05, 4.69) is 23.7 Å². The first-order valence-corrected chi connectivity index (χ1v) is 12.0. The highest BCUT2D eigenvalue weighted by atomic mass is 19.1. The molecule has 0 aliphatic heterocycles. The predicted molar refractivity (Wildman–Crippen MR) is 133 cm³/mol. The lowest BCUT2D eigenvalue weighted by Gasteiger charge is -2.27. The molecule has 5 heteroatoms. The van der Waals surface area contributed by atoms with Crippen LogP contribution >= 0.6 is 0 Å². The lowest BCUT2D eigenvalue weighted by Crippen LogP contribution is -2.27. The third-order valence-electron chi connectivity index (χ3n) is 5.64. The average molecular weight is 432 g/mol. The molecule has 0 unspecified atom stereocenters. The number of rotatable bonds is 15. The van der Waals surface area contributed by atoms with Crippen molar-refractivity contribution in [3.63, 3.8) is 0 Å². The molecule has 0 saturated carbocycles. The van der Waals surface area contributed by atoms with E-state index in [0.717, 1.165) is 43.7 Å². The number of halogens is 1. The van der Waals surface area contributed by atoms with Gasteiger partial charge < -0.3 is 9.80 Å². The first-order chi connectivity index (χ1) is 15.0. The van der Waals surface area contributed by atoms with Crippen LogP contribution in [-0.4, -0.2) is 32.3 Å². The third-order valence-corrected chi connectivity index (χ3v) is 5.64. The second-order valence-corrected chi connectivity index (χ2v) is 8.11. The van der Waals surface area contributed by atoms with Crippen molar-refractivity contribution in [2.24, 2.45) is 4.99 Å². The van der Waals surface area contributed by atoms with E-state index in [1.165, 1.54) is 44.6 Å². The van der Waals surface area contributed by atoms with E-state index in [1.54, 1.807) is 6.07 Å². The van der Waals surface area contributed by atoms with E-state index in [9.17, 15) is 4.79 Å². The summed E-state index contributed by atoms with van der Waals surface area (Å²) in [6.07, 6.45) is 12.3. The second-order valence-electron chi connectivity index (χ2n) is 8.11. The van der Waals surface area contributed by atoms with Crippen molar-refractivity contribution in [3.05, 3.63) is 35.8 Å². The molecule has 31 heavy (non-hydrogen) atoms. The molecular weight excluding hydrogens is 389 g/mol. The first kappa shape index (κ1) is 26.9. The summed E-state index contributed by atoms with van der Waals surface area (Å²) in [4.78, 5) is 19.3. The topological polar surface area (TPSA) is 35.9 Å². The smallest absolute Gasteiger partial charge is 0.148 e. The van der Waals surface area contributed by atoms with Crippen LogP contribution in [0.15, 0.2) is 35.0 Å². The van der Waals surface area contributed by atoms with Crippen molar-refractivity contribution in [2.45, 2.75) is 85.5 Å². The van der Waals surface area contributed by atoms with Crippen LogP contribution < -0.4 is 9.80 Å². The van der Waals surface area contributed by atoms with Gasteiger partial charge in [0.1, 0.15) is 17.9 Å². The summed E-state index contributed by atoms with van der Waals surface area (Å²) >= 11 is 0. The van der Waals surface area contributed by atoms with Crippen molar-refractivity contribution < 1.29 is 9.18 Å². The zero-order valence-corrected chi connectivity index (χ0v) is 20.3. The highest BCUT2D eigenvalue weighted by Gasteiger charge is 2.14. The van der Waals surface area contributed by atoms with Gasteiger partial charge in [-0.2, -0.15) is 0 Å². The fraction of sp³-hybridized carbons (Fsp3) is 0.615. The van der Waals surface area contributed by atoms with E-state index >= 15 is 4.39 Å². The summed E-state index contributed by atoms with van der Waals surface area (Å²) < 4.78 is 15.2. The molecule has 0 N–H and O–H groups in total. The number of nitrogens with zero attached hydrogens (tertiary/aromatic N) is 3. The Balaban J connectivity index is 2.98. The quantitative estimate of drug-likeness (QED) is 0.0973. The Morgan fingerprint density at radius 1 is 1.00 bits per heavy atom. The Labute approximate surface area is 189 Å². The highest BCUT2D eigenvalue weighted by Crippen LogP contribution is 2.26. The van der Waals surface area contributed by atoms with Gasteiger partial charge in [-0.25, -0.2) is 9.38 Å².